The molecule has 2 unspecified atom stereocenters. The molecule has 1 aromatic carbocycles. The van der Waals surface area contributed by atoms with Gasteiger partial charge in [0.15, 0.2) is 0 Å². The summed E-state index contributed by atoms with van der Waals surface area (Å²) in [6, 6.07) is 8.39. The quantitative estimate of drug-likeness (QED) is 0.687. The minimum absolute atomic E-state index is 0.582. The van der Waals surface area contributed by atoms with Gasteiger partial charge in [0, 0.05) is 6.04 Å². The van der Waals surface area contributed by atoms with E-state index in [4.69, 9.17) is 0 Å². The fourth-order valence-corrected chi connectivity index (χ4v) is 2.32. The smallest absolute Gasteiger partial charge is 0.449 e. The second-order valence-electron chi connectivity index (χ2n) is 4.56. The Morgan fingerprint density at radius 2 is 1.56 bits per heavy atom. The Kier molecular flexibility index (Phi) is 5.26. The van der Waals surface area contributed by atoms with Crippen molar-refractivity contribution in [3.05, 3.63) is 35.9 Å². The molecule has 102 valence electrons. The largest absolute Gasteiger partial charge is 0.482 e. The van der Waals surface area contributed by atoms with Gasteiger partial charge in [-0.25, -0.2) is 0 Å². The van der Waals surface area contributed by atoms with Crippen LogP contribution < -0.4 is 0 Å². The average molecular weight is 258 g/mol. The van der Waals surface area contributed by atoms with Gasteiger partial charge in [0.25, 0.3) is 0 Å². The topological polar surface area (TPSA) is 3.24 Å². The molecule has 0 aliphatic rings. The SMILES string of the molecule is CCN(CC)C(c1ccccc1)C(C)[B-](F)(F)F. The van der Waals surface area contributed by atoms with Crippen molar-refractivity contribution in [1.29, 1.82) is 0 Å². The van der Waals surface area contributed by atoms with Crippen LogP contribution in [0.25, 0.3) is 0 Å². The number of rotatable bonds is 6. The molecule has 0 bridgehead atoms. The second kappa shape index (κ2) is 6.27. The van der Waals surface area contributed by atoms with Crippen molar-refractivity contribution in [2.45, 2.75) is 32.6 Å². The molecule has 5 heteroatoms. The lowest BCUT2D eigenvalue weighted by molar-refractivity contribution is 0.196. The summed E-state index contributed by atoms with van der Waals surface area (Å²) in [4.78, 5) is 1.87. The van der Waals surface area contributed by atoms with E-state index < -0.39 is 18.8 Å². The van der Waals surface area contributed by atoms with E-state index in [1.54, 1.807) is 24.3 Å². The lowest BCUT2D eigenvalue weighted by atomic mass is 9.67. The fourth-order valence-electron chi connectivity index (χ4n) is 2.32. The maximum atomic E-state index is 13.1. The molecule has 2 atom stereocenters. The highest BCUT2D eigenvalue weighted by atomic mass is 19.4. The van der Waals surface area contributed by atoms with E-state index in [1.807, 2.05) is 24.8 Å². The molecule has 0 saturated heterocycles. The third-order valence-corrected chi connectivity index (χ3v) is 3.44. The minimum Gasteiger partial charge on any atom is -0.449 e. The first-order chi connectivity index (χ1) is 8.41. The van der Waals surface area contributed by atoms with Gasteiger partial charge >= 0.3 is 6.98 Å². The van der Waals surface area contributed by atoms with Gasteiger partial charge in [-0.3, -0.25) is 4.90 Å². The predicted octanol–water partition coefficient (Wildman–Crippen LogP) is 4.31. The summed E-state index contributed by atoms with van der Waals surface area (Å²) in [5, 5.41) is 0. The Morgan fingerprint density at radius 3 is 1.94 bits per heavy atom. The lowest BCUT2D eigenvalue weighted by Crippen LogP contribution is -2.38. The summed E-state index contributed by atoms with van der Waals surface area (Å²) in [5.74, 6) is -1.31. The summed E-state index contributed by atoms with van der Waals surface area (Å²) in [7, 11) is 0. The number of benzene rings is 1. The summed E-state index contributed by atoms with van der Waals surface area (Å²) < 4.78 is 39.2. The van der Waals surface area contributed by atoms with Gasteiger partial charge in [0.2, 0.25) is 0 Å². The number of halogens is 3. The van der Waals surface area contributed by atoms with Crippen LogP contribution in [0, 0.1) is 0 Å². The monoisotopic (exact) mass is 258 g/mol. The highest BCUT2D eigenvalue weighted by Crippen LogP contribution is 2.40. The maximum Gasteiger partial charge on any atom is 0.482 e. The zero-order chi connectivity index (χ0) is 13.8. The van der Waals surface area contributed by atoms with Crippen molar-refractivity contribution in [1.82, 2.24) is 4.90 Å². The molecule has 0 radical (unpaired) electrons. The molecular weight excluding hydrogens is 238 g/mol. The van der Waals surface area contributed by atoms with E-state index >= 15 is 0 Å². The van der Waals surface area contributed by atoms with Crippen molar-refractivity contribution in [3.8, 4) is 0 Å². The normalized spacial score (nSPS) is 15.7. The van der Waals surface area contributed by atoms with E-state index in [1.165, 1.54) is 6.92 Å². The Balaban J connectivity index is 3.10. The van der Waals surface area contributed by atoms with Gasteiger partial charge < -0.3 is 12.9 Å². The second-order valence-corrected chi connectivity index (χ2v) is 4.56. The van der Waals surface area contributed by atoms with Crippen molar-refractivity contribution in [3.63, 3.8) is 0 Å². The molecule has 1 rings (SSSR count). The van der Waals surface area contributed by atoms with Crippen molar-refractivity contribution >= 4 is 6.98 Å². The molecule has 0 spiro atoms. The molecule has 18 heavy (non-hydrogen) atoms. The van der Waals surface area contributed by atoms with E-state index in [2.05, 4.69) is 0 Å². The maximum absolute atomic E-state index is 13.1. The van der Waals surface area contributed by atoms with Gasteiger partial charge in [-0.2, -0.15) is 0 Å². The molecule has 0 fully saturated rings. The Hall–Kier alpha value is -0.965. The van der Waals surface area contributed by atoms with Crippen LogP contribution >= 0.6 is 0 Å². The van der Waals surface area contributed by atoms with Crippen LogP contribution in [0.4, 0.5) is 12.9 Å². The molecule has 1 nitrogen and oxygen atoms in total. The highest BCUT2D eigenvalue weighted by Gasteiger charge is 2.39. The van der Waals surface area contributed by atoms with Crippen molar-refractivity contribution < 1.29 is 12.9 Å². The van der Waals surface area contributed by atoms with Gasteiger partial charge in [-0.05, 0) is 18.7 Å². The first-order valence-electron chi connectivity index (χ1n) is 6.40. The standard InChI is InChI=1S/C13H20BF3N/c1-4-18(5-2)13(11(3)14(15,16)17)12-9-7-6-8-10-12/h6-11,13H,4-5H2,1-3H3/q-1. The predicted molar refractivity (Wildman–Crippen MR) is 70.6 cm³/mol. The van der Waals surface area contributed by atoms with Crippen molar-refractivity contribution in [2.75, 3.05) is 13.1 Å². The molecule has 0 amide bonds. The van der Waals surface area contributed by atoms with E-state index in [0.29, 0.717) is 13.1 Å². The van der Waals surface area contributed by atoms with Crippen LogP contribution in [0.1, 0.15) is 32.4 Å². The van der Waals surface area contributed by atoms with Crippen molar-refractivity contribution in [2.24, 2.45) is 0 Å². The van der Waals surface area contributed by atoms with Gasteiger partial charge in [0.1, 0.15) is 0 Å². The molecule has 0 aliphatic carbocycles. The molecular formula is C13H20BF3N-. The van der Waals surface area contributed by atoms with Gasteiger partial charge in [-0.15, -0.1) is 0 Å². The molecule has 0 aliphatic heterocycles. The van der Waals surface area contributed by atoms with Crippen LogP contribution in [-0.4, -0.2) is 25.0 Å². The fraction of sp³-hybridized carbons (Fsp3) is 0.538. The zero-order valence-corrected chi connectivity index (χ0v) is 11.1. The van der Waals surface area contributed by atoms with E-state index in [-0.39, 0.29) is 0 Å². The highest BCUT2D eigenvalue weighted by molar-refractivity contribution is 6.60. The summed E-state index contributed by atoms with van der Waals surface area (Å²) in [6.45, 7) is 1.48. The van der Waals surface area contributed by atoms with Gasteiger partial charge in [0.05, 0.1) is 0 Å². The number of hydrogen-bond donors (Lipinski definition) is 0. The minimum atomic E-state index is -4.84. The first-order valence-corrected chi connectivity index (χ1v) is 6.40. The third kappa shape index (κ3) is 3.51. The molecule has 0 N–H and O–H groups in total. The molecule has 0 heterocycles. The van der Waals surface area contributed by atoms with Crippen LogP contribution in [0.3, 0.4) is 0 Å². The van der Waals surface area contributed by atoms with E-state index in [0.717, 1.165) is 5.56 Å². The molecule has 1 aromatic rings. The van der Waals surface area contributed by atoms with Crippen LogP contribution in [0.5, 0.6) is 0 Å². The Morgan fingerprint density at radius 1 is 1.06 bits per heavy atom. The van der Waals surface area contributed by atoms with Gasteiger partial charge in [-0.1, -0.05) is 56.9 Å². The van der Waals surface area contributed by atoms with Crippen LogP contribution in [0.15, 0.2) is 30.3 Å². The molecule has 0 saturated carbocycles. The number of nitrogens with zero attached hydrogens (tertiary/aromatic N) is 1. The van der Waals surface area contributed by atoms with E-state index in [9.17, 15) is 12.9 Å². The lowest BCUT2D eigenvalue weighted by Gasteiger charge is -2.39. The summed E-state index contributed by atoms with van der Waals surface area (Å²) in [6.07, 6.45) is 0. The average Bonchev–Trinajstić information content (AvgIpc) is 2.35. The zero-order valence-electron chi connectivity index (χ0n) is 11.1. The summed E-state index contributed by atoms with van der Waals surface area (Å²) >= 11 is 0. The Labute approximate surface area is 107 Å². The first kappa shape index (κ1) is 15.1. The molecule has 0 aromatic heterocycles. The number of hydrogen-bond acceptors (Lipinski definition) is 1. The summed E-state index contributed by atoms with van der Waals surface area (Å²) in [5.41, 5.74) is 0.743. The third-order valence-electron chi connectivity index (χ3n) is 3.44. The van der Waals surface area contributed by atoms with Crippen LogP contribution in [0.2, 0.25) is 5.82 Å². The van der Waals surface area contributed by atoms with Crippen LogP contribution in [-0.2, 0) is 0 Å². The Bertz CT molecular complexity index is 349.